The molecule has 0 fully saturated rings. The number of rotatable bonds is 17. The van der Waals surface area contributed by atoms with Crippen molar-refractivity contribution in [3.63, 3.8) is 0 Å². The Kier molecular flexibility index (Phi) is 12.6. The van der Waals surface area contributed by atoms with E-state index in [9.17, 15) is 14.4 Å². The minimum absolute atomic E-state index is 0.250. The predicted octanol–water partition coefficient (Wildman–Crippen LogP) is 13.4. The zero-order valence-corrected chi connectivity index (χ0v) is 34.5. The third kappa shape index (κ3) is 9.12. The van der Waals surface area contributed by atoms with E-state index in [0.717, 1.165) is 38.3 Å². The van der Waals surface area contributed by atoms with Gasteiger partial charge in [-0.25, -0.2) is 0 Å². The van der Waals surface area contributed by atoms with Gasteiger partial charge in [0.15, 0.2) is 18.9 Å². The average molecular weight is 849 g/mol. The number of carbonyl (C=O) groups is 3. The van der Waals surface area contributed by atoms with Crippen LogP contribution in [0.2, 0.25) is 0 Å². The van der Waals surface area contributed by atoms with Gasteiger partial charge in [-0.1, -0.05) is 127 Å². The van der Waals surface area contributed by atoms with Crippen LogP contribution < -0.4 is 27.1 Å². The number of aldehydes is 3. The van der Waals surface area contributed by atoms with Crippen LogP contribution in [-0.4, -0.2) is 18.9 Å². The fraction of sp³-hybridized carbons (Fsp3) is 0.0208. The van der Waals surface area contributed by atoms with E-state index in [0.29, 0.717) is 57.2 Å². The minimum Gasteiger partial charge on any atom is -0.408 e. The highest BCUT2D eigenvalue weighted by Gasteiger charge is 2.28. The molecular formula is C48H34O9P2S. The highest BCUT2D eigenvalue weighted by Crippen LogP contribution is 2.53. The summed E-state index contributed by atoms with van der Waals surface area (Å²) in [4.78, 5) is 37.6. The number of hydrogen-bond donors (Lipinski definition) is 0. The molecule has 1 unspecified atom stereocenters. The highest BCUT2D eigenvalue weighted by atomic mass is 32.2. The maximum Gasteiger partial charge on any atom is 0.530 e. The molecule has 12 heteroatoms. The first-order valence-corrected chi connectivity index (χ1v) is 21.6. The maximum absolute atomic E-state index is 12.1. The Morgan fingerprint density at radius 1 is 0.367 bits per heavy atom. The van der Waals surface area contributed by atoms with Gasteiger partial charge in [0, 0.05) is 0 Å². The van der Waals surface area contributed by atoms with Crippen molar-refractivity contribution in [2.24, 2.45) is 0 Å². The maximum atomic E-state index is 12.1. The van der Waals surface area contributed by atoms with E-state index < -0.39 is 17.2 Å². The molecule has 60 heavy (non-hydrogen) atoms. The van der Waals surface area contributed by atoms with E-state index in [4.69, 9.17) is 27.1 Å². The largest absolute Gasteiger partial charge is 0.530 e. The molecule has 0 aliphatic carbocycles. The normalized spacial score (nSPS) is 11.4. The molecule has 296 valence electrons. The molecule has 8 aromatic carbocycles. The molecule has 0 radical (unpaired) electrons. The molecule has 0 N–H and O–H groups in total. The molecule has 8 rings (SSSR count). The second-order valence-corrected chi connectivity index (χ2v) is 16.1. The Labute approximate surface area is 352 Å². The van der Waals surface area contributed by atoms with Crippen molar-refractivity contribution < 1.29 is 41.5 Å². The molecule has 9 nitrogen and oxygen atoms in total. The smallest absolute Gasteiger partial charge is 0.408 e. The van der Waals surface area contributed by atoms with Gasteiger partial charge in [-0.05, 0) is 88.6 Å². The fourth-order valence-corrected chi connectivity index (χ4v) is 9.67. The first-order valence-electron chi connectivity index (χ1n) is 18.6. The lowest BCUT2D eigenvalue weighted by Gasteiger charge is -2.23. The molecule has 0 heterocycles. The first-order chi connectivity index (χ1) is 29.5. The summed E-state index contributed by atoms with van der Waals surface area (Å²) < 4.78 is 39.0. The van der Waals surface area contributed by atoms with Crippen LogP contribution in [0.4, 0.5) is 0 Å². The molecule has 0 saturated carbocycles. The Morgan fingerprint density at radius 3 is 1.12 bits per heavy atom. The van der Waals surface area contributed by atoms with E-state index in [-0.39, 0.29) is 11.5 Å². The van der Waals surface area contributed by atoms with Crippen LogP contribution in [0.15, 0.2) is 180 Å². The summed E-state index contributed by atoms with van der Waals surface area (Å²) in [6.07, 6.45) is 2.12. The first kappa shape index (κ1) is 40.1. The van der Waals surface area contributed by atoms with E-state index in [1.807, 2.05) is 104 Å². The second kappa shape index (κ2) is 18.9. The van der Waals surface area contributed by atoms with Crippen LogP contribution in [0, 0.1) is 6.92 Å². The number of hydrogen-bond acceptors (Lipinski definition) is 10. The standard InChI is InChI=1S/C48H34O9P2S/c1-33-14-2-10-22-41(33)52-58(53-42-23-11-5-17-36(42)30-49)56-45-28-26-34-15-3-8-20-39(34)47(45)60-48-40-21-9-4-16-35(40)27-29-46(48)57-59(54-43-24-12-6-18-37(43)31-50)55-44-25-13-7-19-38(44)32-51/h2-32H,1H3. The quantitative estimate of drug-likeness (QED) is 0.0649. The van der Waals surface area contributed by atoms with Crippen molar-refractivity contribution in [1.29, 1.82) is 0 Å². The average Bonchev–Trinajstić information content (AvgIpc) is 3.29. The van der Waals surface area contributed by atoms with Crippen LogP contribution >= 0.6 is 29.0 Å². The van der Waals surface area contributed by atoms with E-state index in [1.54, 1.807) is 72.8 Å². The Bertz CT molecular complexity index is 2780. The molecule has 1 atom stereocenters. The monoisotopic (exact) mass is 848 g/mol. The van der Waals surface area contributed by atoms with E-state index in [2.05, 4.69) is 0 Å². The van der Waals surface area contributed by atoms with Gasteiger partial charge < -0.3 is 27.1 Å². The topological polar surface area (TPSA) is 107 Å². The number of fused-ring (bicyclic) bond motifs is 2. The van der Waals surface area contributed by atoms with Gasteiger partial charge >= 0.3 is 17.2 Å². The molecular weight excluding hydrogens is 815 g/mol. The van der Waals surface area contributed by atoms with Crippen LogP contribution in [-0.2, 0) is 0 Å². The number of aryl methyl sites for hydroxylation is 1. The minimum atomic E-state index is -2.33. The predicted molar refractivity (Wildman–Crippen MR) is 236 cm³/mol. The van der Waals surface area contributed by atoms with Gasteiger partial charge in [-0.2, -0.15) is 0 Å². The zero-order valence-electron chi connectivity index (χ0n) is 31.9. The third-order valence-corrected chi connectivity index (χ3v) is 12.5. The van der Waals surface area contributed by atoms with Crippen molar-refractivity contribution in [1.82, 2.24) is 0 Å². The molecule has 0 bridgehead atoms. The van der Waals surface area contributed by atoms with Crippen LogP contribution in [0.1, 0.15) is 36.6 Å². The van der Waals surface area contributed by atoms with Crippen molar-refractivity contribution >= 4 is 69.4 Å². The van der Waals surface area contributed by atoms with Gasteiger partial charge in [-0.3, -0.25) is 14.4 Å². The van der Waals surface area contributed by atoms with E-state index in [1.165, 1.54) is 11.8 Å². The summed E-state index contributed by atoms with van der Waals surface area (Å²) in [5.41, 5.74) is 1.82. The van der Waals surface area contributed by atoms with Crippen molar-refractivity contribution in [2.45, 2.75) is 16.7 Å². The van der Waals surface area contributed by atoms with Crippen molar-refractivity contribution in [3.8, 4) is 34.5 Å². The summed E-state index contributed by atoms with van der Waals surface area (Å²) in [5.74, 6) is 2.24. The lowest BCUT2D eigenvalue weighted by Crippen LogP contribution is -2.06. The SMILES string of the molecule is Cc1ccccc1OP(Oc1ccccc1C=O)Oc1ccc2ccccc2c1Sc1c(OP(Oc2ccccc2C=O)Oc2ccccc2C=O)ccc2ccccc12. The van der Waals surface area contributed by atoms with Crippen LogP contribution in [0.25, 0.3) is 21.5 Å². The van der Waals surface area contributed by atoms with Gasteiger partial charge in [-0.15, -0.1) is 0 Å². The van der Waals surface area contributed by atoms with Gasteiger partial charge in [0.05, 0.1) is 26.5 Å². The molecule has 0 saturated heterocycles. The molecule has 0 aromatic heterocycles. The Morgan fingerprint density at radius 2 is 0.700 bits per heavy atom. The Hall–Kier alpha value is -6.70. The van der Waals surface area contributed by atoms with Crippen LogP contribution in [0.3, 0.4) is 0 Å². The number of para-hydroxylation sites is 4. The molecule has 0 spiro atoms. The summed E-state index contributed by atoms with van der Waals surface area (Å²) in [6, 6.07) is 51.4. The molecule has 8 aromatic rings. The van der Waals surface area contributed by atoms with Crippen molar-refractivity contribution in [3.05, 3.63) is 192 Å². The lowest BCUT2D eigenvalue weighted by atomic mass is 10.1. The summed E-state index contributed by atoms with van der Waals surface area (Å²) in [5, 5.41) is 3.65. The lowest BCUT2D eigenvalue weighted by molar-refractivity contribution is 0.111. The summed E-state index contributed by atoms with van der Waals surface area (Å²) in [7, 11) is -4.52. The van der Waals surface area contributed by atoms with Crippen LogP contribution in [0.5, 0.6) is 34.5 Å². The molecule has 0 amide bonds. The molecule has 0 aliphatic rings. The highest BCUT2D eigenvalue weighted by molar-refractivity contribution is 8.00. The number of benzene rings is 8. The van der Waals surface area contributed by atoms with Gasteiger partial charge in [0.2, 0.25) is 0 Å². The number of carbonyl (C=O) groups excluding carboxylic acids is 3. The van der Waals surface area contributed by atoms with Crippen molar-refractivity contribution in [2.75, 3.05) is 0 Å². The molecule has 0 aliphatic heterocycles. The third-order valence-electron chi connectivity index (χ3n) is 9.16. The fourth-order valence-electron chi connectivity index (χ4n) is 6.14. The van der Waals surface area contributed by atoms with E-state index >= 15 is 0 Å². The Balaban J connectivity index is 1.23. The second-order valence-electron chi connectivity index (χ2n) is 13.1. The summed E-state index contributed by atoms with van der Waals surface area (Å²) in [6.45, 7) is 1.93. The summed E-state index contributed by atoms with van der Waals surface area (Å²) >= 11 is 1.42. The zero-order chi connectivity index (χ0) is 41.3. The van der Waals surface area contributed by atoms with Gasteiger partial charge in [0.1, 0.15) is 34.5 Å². The van der Waals surface area contributed by atoms with Gasteiger partial charge in [0.25, 0.3) is 0 Å².